The first kappa shape index (κ1) is 15.2. The van der Waals surface area contributed by atoms with E-state index in [1.165, 1.54) is 11.3 Å². The van der Waals surface area contributed by atoms with Gasteiger partial charge in [-0.3, -0.25) is 0 Å². The van der Waals surface area contributed by atoms with Crippen LogP contribution in [0.4, 0.5) is 5.13 Å². The molecule has 21 heavy (non-hydrogen) atoms. The van der Waals surface area contributed by atoms with Crippen LogP contribution >= 0.6 is 11.3 Å². The molecule has 0 radical (unpaired) electrons. The molecule has 2 aromatic rings. The first-order chi connectivity index (χ1) is 10.2. The van der Waals surface area contributed by atoms with Gasteiger partial charge in [-0.2, -0.15) is 0 Å². The number of nitrogens with zero attached hydrogens (tertiary/aromatic N) is 2. The molecule has 1 heterocycles. The van der Waals surface area contributed by atoms with E-state index >= 15 is 0 Å². The van der Waals surface area contributed by atoms with Crippen molar-refractivity contribution in [3.8, 4) is 10.6 Å². The van der Waals surface area contributed by atoms with Crippen LogP contribution in [0, 0.1) is 0 Å². The summed E-state index contributed by atoms with van der Waals surface area (Å²) in [5.74, 6) is -0.953. The highest BCUT2D eigenvalue weighted by molar-refractivity contribution is 7.18. The van der Waals surface area contributed by atoms with E-state index in [1.807, 2.05) is 24.3 Å². The van der Waals surface area contributed by atoms with Gasteiger partial charge in [0, 0.05) is 18.2 Å². The van der Waals surface area contributed by atoms with Crippen LogP contribution in [-0.4, -0.2) is 27.8 Å². The Kier molecular flexibility index (Phi) is 5.45. The van der Waals surface area contributed by atoms with Crippen LogP contribution in [0.25, 0.3) is 16.6 Å². The third-order valence-corrected chi connectivity index (χ3v) is 3.74. The van der Waals surface area contributed by atoms with Gasteiger partial charge in [0.25, 0.3) is 0 Å². The largest absolute Gasteiger partial charge is 0.478 e. The van der Waals surface area contributed by atoms with Gasteiger partial charge in [0.15, 0.2) is 0 Å². The molecule has 0 fully saturated rings. The number of carboxylic acids is 1. The molecular formula is C15H17N3O2S. The predicted molar refractivity (Wildman–Crippen MR) is 85.4 cm³/mol. The van der Waals surface area contributed by atoms with Crippen LogP contribution in [-0.2, 0) is 4.79 Å². The third-order valence-electron chi connectivity index (χ3n) is 2.81. The Balaban J connectivity index is 2.03. The normalized spacial score (nSPS) is 10.9. The van der Waals surface area contributed by atoms with E-state index in [1.54, 1.807) is 6.08 Å². The van der Waals surface area contributed by atoms with E-state index in [4.69, 9.17) is 5.11 Å². The molecule has 0 bridgehead atoms. The topological polar surface area (TPSA) is 75.1 Å². The average molecular weight is 303 g/mol. The highest BCUT2D eigenvalue weighted by Crippen LogP contribution is 2.26. The minimum Gasteiger partial charge on any atom is -0.478 e. The first-order valence-corrected chi connectivity index (χ1v) is 7.59. The molecule has 0 saturated carbocycles. The molecule has 0 aliphatic heterocycles. The SMILES string of the molecule is CCCCNc1nnc(-c2ccc(/C=C/C(=O)O)cc2)s1. The summed E-state index contributed by atoms with van der Waals surface area (Å²) in [5.41, 5.74) is 1.82. The fraction of sp³-hybridized carbons (Fsp3) is 0.267. The van der Waals surface area contributed by atoms with E-state index in [0.29, 0.717) is 0 Å². The summed E-state index contributed by atoms with van der Waals surface area (Å²) in [7, 11) is 0. The zero-order valence-corrected chi connectivity index (χ0v) is 12.6. The molecule has 0 atom stereocenters. The molecule has 1 aromatic carbocycles. The van der Waals surface area contributed by atoms with E-state index in [2.05, 4.69) is 22.4 Å². The van der Waals surface area contributed by atoms with Crippen molar-refractivity contribution < 1.29 is 9.90 Å². The van der Waals surface area contributed by atoms with Gasteiger partial charge in [-0.05, 0) is 18.1 Å². The molecule has 0 aliphatic carbocycles. The maximum atomic E-state index is 10.5. The zero-order valence-electron chi connectivity index (χ0n) is 11.7. The van der Waals surface area contributed by atoms with Crippen LogP contribution in [0.3, 0.4) is 0 Å². The summed E-state index contributed by atoms with van der Waals surface area (Å²) in [6, 6.07) is 7.55. The number of carbonyl (C=O) groups is 1. The highest BCUT2D eigenvalue weighted by atomic mass is 32.1. The van der Waals surface area contributed by atoms with Gasteiger partial charge in [-0.1, -0.05) is 48.9 Å². The number of benzene rings is 1. The second-order valence-corrected chi connectivity index (χ2v) is 5.46. The number of hydrogen-bond acceptors (Lipinski definition) is 5. The molecule has 0 amide bonds. The lowest BCUT2D eigenvalue weighted by molar-refractivity contribution is -0.131. The molecule has 0 saturated heterocycles. The number of aromatic nitrogens is 2. The van der Waals surface area contributed by atoms with Gasteiger partial charge < -0.3 is 10.4 Å². The Morgan fingerprint density at radius 3 is 2.76 bits per heavy atom. The smallest absolute Gasteiger partial charge is 0.328 e. The van der Waals surface area contributed by atoms with Gasteiger partial charge in [-0.15, -0.1) is 10.2 Å². The maximum Gasteiger partial charge on any atom is 0.328 e. The van der Waals surface area contributed by atoms with Crippen molar-refractivity contribution in [2.75, 3.05) is 11.9 Å². The van der Waals surface area contributed by atoms with Gasteiger partial charge in [0.05, 0.1) is 0 Å². The molecule has 0 aliphatic rings. The van der Waals surface area contributed by atoms with Crippen molar-refractivity contribution in [2.24, 2.45) is 0 Å². The first-order valence-electron chi connectivity index (χ1n) is 6.78. The molecule has 6 heteroatoms. The molecule has 0 unspecified atom stereocenters. The number of carboxylic acid groups (broad SMARTS) is 1. The van der Waals surface area contributed by atoms with E-state index < -0.39 is 5.97 Å². The molecule has 2 N–H and O–H groups in total. The van der Waals surface area contributed by atoms with E-state index in [-0.39, 0.29) is 0 Å². The summed E-state index contributed by atoms with van der Waals surface area (Å²) >= 11 is 1.52. The van der Waals surface area contributed by atoms with Crippen LogP contribution < -0.4 is 5.32 Å². The Morgan fingerprint density at radius 1 is 1.33 bits per heavy atom. The van der Waals surface area contributed by atoms with Crippen molar-refractivity contribution in [3.63, 3.8) is 0 Å². The summed E-state index contributed by atoms with van der Waals surface area (Å²) in [6.45, 7) is 3.05. The maximum absolute atomic E-state index is 10.5. The van der Waals surface area contributed by atoms with Gasteiger partial charge in [0.2, 0.25) is 5.13 Å². The second-order valence-electron chi connectivity index (χ2n) is 4.49. The van der Waals surface area contributed by atoms with Crippen molar-refractivity contribution >= 4 is 28.5 Å². The van der Waals surface area contributed by atoms with Crippen molar-refractivity contribution in [3.05, 3.63) is 35.9 Å². The second kappa shape index (κ2) is 7.54. The number of rotatable bonds is 7. The predicted octanol–water partition coefficient (Wildman–Crippen LogP) is 3.51. The quantitative estimate of drug-likeness (QED) is 0.604. The van der Waals surface area contributed by atoms with Gasteiger partial charge >= 0.3 is 5.97 Å². The van der Waals surface area contributed by atoms with Crippen LogP contribution in [0.2, 0.25) is 0 Å². The third kappa shape index (κ3) is 4.68. The van der Waals surface area contributed by atoms with Gasteiger partial charge in [0.1, 0.15) is 5.01 Å². The Morgan fingerprint density at radius 2 is 2.10 bits per heavy atom. The van der Waals surface area contributed by atoms with Crippen LogP contribution in [0.5, 0.6) is 0 Å². The molecule has 2 rings (SSSR count). The standard InChI is InChI=1S/C15H17N3O2S/c1-2-3-10-16-15-18-17-14(21-15)12-7-4-11(5-8-12)6-9-13(19)20/h4-9H,2-3,10H2,1H3,(H,16,18)(H,19,20)/b9-6+. The van der Waals surface area contributed by atoms with Crippen molar-refractivity contribution in [2.45, 2.75) is 19.8 Å². The fourth-order valence-electron chi connectivity index (χ4n) is 1.69. The Bertz CT molecular complexity index is 620. The summed E-state index contributed by atoms with van der Waals surface area (Å²) in [5, 5.41) is 21.8. The van der Waals surface area contributed by atoms with Crippen LogP contribution in [0.15, 0.2) is 30.3 Å². The zero-order chi connectivity index (χ0) is 15.1. The number of nitrogens with one attached hydrogen (secondary N) is 1. The number of aliphatic carboxylic acids is 1. The minimum atomic E-state index is -0.953. The minimum absolute atomic E-state index is 0.827. The van der Waals surface area contributed by atoms with E-state index in [0.717, 1.165) is 46.7 Å². The molecule has 0 spiro atoms. The lowest BCUT2D eigenvalue weighted by atomic mass is 10.1. The molecule has 110 valence electrons. The van der Waals surface area contributed by atoms with Crippen LogP contribution in [0.1, 0.15) is 25.3 Å². The highest BCUT2D eigenvalue weighted by Gasteiger charge is 2.05. The summed E-state index contributed by atoms with van der Waals surface area (Å²) in [4.78, 5) is 10.5. The molecular weight excluding hydrogens is 286 g/mol. The van der Waals surface area contributed by atoms with Crippen molar-refractivity contribution in [1.82, 2.24) is 10.2 Å². The fourth-order valence-corrected chi connectivity index (χ4v) is 2.46. The Labute approximate surface area is 127 Å². The lowest BCUT2D eigenvalue weighted by Crippen LogP contribution is -1.99. The molecule has 5 nitrogen and oxygen atoms in total. The summed E-state index contributed by atoms with van der Waals surface area (Å²) in [6.07, 6.45) is 4.93. The monoisotopic (exact) mass is 303 g/mol. The number of anilines is 1. The Hall–Kier alpha value is -2.21. The summed E-state index contributed by atoms with van der Waals surface area (Å²) < 4.78 is 0. The lowest BCUT2D eigenvalue weighted by Gasteiger charge is -1.98. The number of unbranched alkanes of at least 4 members (excludes halogenated alkanes) is 1. The van der Waals surface area contributed by atoms with E-state index in [9.17, 15) is 4.79 Å². The number of hydrogen-bond donors (Lipinski definition) is 2. The van der Waals surface area contributed by atoms with Crippen molar-refractivity contribution in [1.29, 1.82) is 0 Å². The molecule has 1 aromatic heterocycles. The van der Waals surface area contributed by atoms with Gasteiger partial charge in [-0.25, -0.2) is 4.79 Å². The average Bonchev–Trinajstić information content (AvgIpc) is 2.95.